The SMILES string of the molecule is COc1ccc(OC)c(CN2CCN(C(=O)CCCC(=O)NC3CCC(Cc4ccccc4)(N(C)C)CC3)CC2)c1. The van der Waals surface area contributed by atoms with Crippen molar-refractivity contribution in [3.05, 3.63) is 59.7 Å². The molecule has 1 N–H and O–H groups in total. The fourth-order valence-corrected chi connectivity index (χ4v) is 6.32. The minimum Gasteiger partial charge on any atom is -0.497 e. The second-order valence-corrected chi connectivity index (χ2v) is 11.8. The number of rotatable bonds is 12. The number of nitrogens with one attached hydrogen (secondary N) is 1. The fourth-order valence-electron chi connectivity index (χ4n) is 6.32. The molecular weight excluding hydrogens is 516 g/mol. The molecule has 41 heavy (non-hydrogen) atoms. The van der Waals surface area contributed by atoms with Gasteiger partial charge in [-0.3, -0.25) is 14.5 Å². The van der Waals surface area contributed by atoms with E-state index in [-0.39, 0.29) is 23.4 Å². The Morgan fingerprint density at radius 2 is 1.66 bits per heavy atom. The molecule has 0 unspecified atom stereocenters. The van der Waals surface area contributed by atoms with Gasteiger partial charge in [-0.2, -0.15) is 0 Å². The first kappa shape index (κ1) is 30.8. The lowest BCUT2D eigenvalue weighted by Crippen LogP contribution is -2.52. The molecule has 224 valence electrons. The summed E-state index contributed by atoms with van der Waals surface area (Å²) in [5.41, 5.74) is 2.59. The lowest BCUT2D eigenvalue weighted by Gasteiger charge is -2.45. The number of carbonyl (C=O) groups is 2. The Hall–Kier alpha value is -3.10. The highest BCUT2D eigenvalue weighted by Crippen LogP contribution is 2.35. The number of amides is 2. The number of likely N-dealkylation sites (N-methyl/N-ethyl adjacent to an activating group) is 1. The van der Waals surface area contributed by atoms with Crippen molar-refractivity contribution in [2.75, 3.05) is 54.5 Å². The first-order valence-electron chi connectivity index (χ1n) is 15.0. The monoisotopic (exact) mass is 564 g/mol. The second-order valence-electron chi connectivity index (χ2n) is 11.8. The van der Waals surface area contributed by atoms with Crippen LogP contribution in [-0.2, 0) is 22.6 Å². The van der Waals surface area contributed by atoms with Gasteiger partial charge in [0, 0.05) is 62.7 Å². The number of methoxy groups -OCH3 is 2. The van der Waals surface area contributed by atoms with E-state index in [9.17, 15) is 9.59 Å². The van der Waals surface area contributed by atoms with Crippen LogP contribution >= 0.6 is 0 Å². The summed E-state index contributed by atoms with van der Waals surface area (Å²) in [6, 6.07) is 16.8. The summed E-state index contributed by atoms with van der Waals surface area (Å²) in [5.74, 6) is 1.87. The first-order valence-corrected chi connectivity index (χ1v) is 15.0. The van der Waals surface area contributed by atoms with Crippen molar-refractivity contribution in [3.63, 3.8) is 0 Å². The summed E-state index contributed by atoms with van der Waals surface area (Å²) in [6.45, 7) is 3.79. The Morgan fingerprint density at radius 1 is 0.951 bits per heavy atom. The van der Waals surface area contributed by atoms with Crippen molar-refractivity contribution in [1.82, 2.24) is 20.0 Å². The zero-order chi connectivity index (χ0) is 29.2. The molecule has 8 heteroatoms. The Balaban J connectivity index is 1.14. The molecule has 2 aromatic rings. The van der Waals surface area contributed by atoms with Gasteiger partial charge in [-0.15, -0.1) is 0 Å². The van der Waals surface area contributed by atoms with Crippen LogP contribution in [0.1, 0.15) is 56.1 Å². The van der Waals surface area contributed by atoms with Gasteiger partial charge in [0.25, 0.3) is 0 Å². The van der Waals surface area contributed by atoms with Gasteiger partial charge >= 0.3 is 0 Å². The molecule has 8 nitrogen and oxygen atoms in total. The van der Waals surface area contributed by atoms with Gasteiger partial charge in [-0.1, -0.05) is 30.3 Å². The topological polar surface area (TPSA) is 74.3 Å². The summed E-state index contributed by atoms with van der Waals surface area (Å²) < 4.78 is 10.9. The van der Waals surface area contributed by atoms with Crippen LogP contribution in [0, 0.1) is 0 Å². The fraction of sp³-hybridized carbons (Fsp3) is 0.576. The average Bonchev–Trinajstić information content (AvgIpc) is 2.99. The van der Waals surface area contributed by atoms with Crippen molar-refractivity contribution < 1.29 is 19.1 Å². The molecule has 0 bridgehead atoms. The number of hydrogen-bond donors (Lipinski definition) is 1. The number of ether oxygens (including phenoxy) is 2. The van der Waals surface area contributed by atoms with Gasteiger partial charge in [-0.05, 0) is 76.4 Å². The molecule has 0 spiro atoms. The Labute approximate surface area is 246 Å². The van der Waals surface area contributed by atoms with Gasteiger partial charge < -0.3 is 24.6 Å². The maximum Gasteiger partial charge on any atom is 0.222 e. The van der Waals surface area contributed by atoms with Crippen LogP contribution < -0.4 is 14.8 Å². The molecule has 2 aromatic carbocycles. The van der Waals surface area contributed by atoms with Crippen LogP contribution in [0.25, 0.3) is 0 Å². The minimum atomic E-state index is 0.0697. The third-order valence-electron chi connectivity index (χ3n) is 9.01. The number of benzene rings is 2. The number of hydrogen-bond acceptors (Lipinski definition) is 6. The Kier molecular flexibility index (Phi) is 11.1. The lowest BCUT2D eigenvalue weighted by molar-refractivity contribution is -0.133. The van der Waals surface area contributed by atoms with Crippen LogP contribution in [0.3, 0.4) is 0 Å². The predicted octanol–water partition coefficient (Wildman–Crippen LogP) is 4.12. The third-order valence-corrected chi connectivity index (χ3v) is 9.01. The van der Waals surface area contributed by atoms with E-state index < -0.39 is 0 Å². The summed E-state index contributed by atoms with van der Waals surface area (Å²) in [7, 11) is 7.70. The Bertz CT molecular complexity index is 1120. The second kappa shape index (κ2) is 14.7. The molecule has 4 rings (SSSR count). The number of carbonyl (C=O) groups excluding carboxylic acids is 2. The zero-order valence-electron chi connectivity index (χ0n) is 25.4. The third kappa shape index (κ3) is 8.46. The van der Waals surface area contributed by atoms with E-state index in [4.69, 9.17) is 9.47 Å². The molecule has 0 aromatic heterocycles. The summed E-state index contributed by atoms with van der Waals surface area (Å²) in [6.07, 6.45) is 6.55. The van der Waals surface area contributed by atoms with Gasteiger partial charge in [0.15, 0.2) is 0 Å². The van der Waals surface area contributed by atoms with Crippen molar-refractivity contribution in [2.45, 2.75) is 69.5 Å². The quantitative estimate of drug-likeness (QED) is 0.418. The molecular formula is C33H48N4O4. The van der Waals surface area contributed by atoms with Crippen molar-refractivity contribution in [2.24, 2.45) is 0 Å². The molecule has 1 aliphatic carbocycles. The van der Waals surface area contributed by atoms with Crippen molar-refractivity contribution in [1.29, 1.82) is 0 Å². The van der Waals surface area contributed by atoms with Gasteiger partial charge in [-0.25, -0.2) is 0 Å². The Morgan fingerprint density at radius 3 is 2.29 bits per heavy atom. The van der Waals surface area contributed by atoms with Crippen LogP contribution in [0.5, 0.6) is 11.5 Å². The van der Waals surface area contributed by atoms with Crippen LogP contribution in [-0.4, -0.2) is 92.6 Å². The predicted molar refractivity (Wildman–Crippen MR) is 162 cm³/mol. The molecule has 0 atom stereocenters. The maximum absolute atomic E-state index is 12.8. The molecule has 1 saturated carbocycles. The van der Waals surface area contributed by atoms with Crippen LogP contribution in [0.2, 0.25) is 0 Å². The van der Waals surface area contributed by atoms with E-state index in [1.54, 1.807) is 14.2 Å². The highest BCUT2D eigenvalue weighted by atomic mass is 16.5. The molecule has 1 aliphatic heterocycles. The van der Waals surface area contributed by atoms with E-state index in [0.29, 0.717) is 32.4 Å². The van der Waals surface area contributed by atoms with Crippen molar-refractivity contribution in [3.8, 4) is 11.5 Å². The van der Waals surface area contributed by atoms with Crippen molar-refractivity contribution >= 4 is 11.8 Å². The summed E-state index contributed by atoms with van der Waals surface area (Å²) in [5, 5.41) is 3.25. The highest BCUT2D eigenvalue weighted by Gasteiger charge is 2.37. The van der Waals surface area contributed by atoms with Crippen LogP contribution in [0.4, 0.5) is 0 Å². The van der Waals surface area contributed by atoms with Gasteiger partial charge in [0.05, 0.1) is 14.2 Å². The molecule has 1 saturated heterocycles. The number of nitrogens with zero attached hydrogens (tertiary/aromatic N) is 3. The highest BCUT2D eigenvalue weighted by molar-refractivity contribution is 5.79. The van der Waals surface area contributed by atoms with Crippen LogP contribution in [0.15, 0.2) is 48.5 Å². The molecule has 2 aliphatic rings. The van der Waals surface area contributed by atoms with E-state index in [1.165, 1.54) is 5.56 Å². The van der Waals surface area contributed by atoms with Gasteiger partial charge in [0.2, 0.25) is 11.8 Å². The summed E-state index contributed by atoms with van der Waals surface area (Å²) in [4.78, 5) is 32.2. The largest absolute Gasteiger partial charge is 0.497 e. The molecule has 1 heterocycles. The van der Waals surface area contributed by atoms with E-state index in [1.807, 2.05) is 23.1 Å². The maximum atomic E-state index is 12.8. The lowest BCUT2D eigenvalue weighted by atomic mass is 9.75. The average molecular weight is 565 g/mol. The van der Waals surface area contributed by atoms with Gasteiger partial charge in [0.1, 0.15) is 11.5 Å². The summed E-state index contributed by atoms with van der Waals surface area (Å²) >= 11 is 0. The smallest absolute Gasteiger partial charge is 0.222 e. The number of piperazine rings is 1. The standard InChI is InChI=1S/C33H48N4O4/c1-35(2)33(24-26-9-6-5-7-10-26)17-15-28(16-18-33)34-31(38)11-8-12-32(39)37-21-19-36(20-22-37)25-27-23-29(40-3)13-14-30(27)41-4/h5-7,9-10,13-14,23,28H,8,11-12,15-22,24-25H2,1-4H3,(H,34,38). The zero-order valence-corrected chi connectivity index (χ0v) is 25.4. The van der Waals surface area contributed by atoms with E-state index >= 15 is 0 Å². The molecule has 2 amide bonds. The molecule has 2 fully saturated rings. The van der Waals surface area contributed by atoms with E-state index in [2.05, 4.69) is 59.5 Å². The molecule has 0 radical (unpaired) electrons. The first-order chi connectivity index (χ1) is 19.8. The van der Waals surface area contributed by atoms with E-state index in [0.717, 1.165) is 68.8 Å². The minimum absolute atomic E-state index is 0.0697. The normalized spacial score (nSPS) is 21.5.